The maximum atomic E-state index is 10.1. The van der Waals surface area contributed by atoms with Gasteiger partial charge in [0.15, 0.2) is 0 Å². The van der Waals surface area contributed by atoms with Crippen LogP contribution >= 0.6 is 23.5 Å². The van der Waals surface area contributed by atoms with Gasteiger partial charge < -0.3 is 10.2 Å². The summed E-state index contributed by atoms with van der Waals surface area (Å²) in [6.45, 7) is 4.58. The Morgan fingerprint density at radius 1 is 0.864 bits per heavy atom. The molecular weight excluding hydrogens is 427 g/mol. The Bertz CT molecular complexity index is 242. The summed E-state index contributed by atoms with van der Waals surface area (Å²) < 4.78 is 3.25. The van der Waals surface area contributed by atoms with Crippen molar-refractivity contribution in [3.8, 4) is 0 Å². The summed E-state index contributed by atoms with van der Waals surface area (Å²) in [5.41, 5.74) is 0. The normalized spacial score (nSPS) is 9.91. The molecule has 22 heavy (non-hydrogen) atoms. The van der Waals surface area contributed by atoms with Crippen LogP contribution in [0.1, 0.15) is 52.4 Å². The zero-order valence-electron chi connectivity index (χ0n) is 13.8. The Kier molecular flexibility index (Phi) is 24.1. The number of carbonyl (C=O) groups is 2. The van der Waals surface area contributed by atoms with E-state index in [1.54, 1.807) is 8.87 Å². The first-order chi connectivity index (χ1) is 10.5. The van der Waals surface area contributed by atoms with Crippen LogP contribution in [0.4, 0.5) is 0 Å². The molecule has 7 heteroatoms. The van der Waals surface area contributed by atoms with Crippen molar-refractivity contribution in [2.75, 3.05) is 16.6 Å². The first-order valence-electron chi connectivity index (χ1n) is 7.84. The van der Waals surface area contributed by atoms with E-state index < -0.39 is 11.9 Å². The van der Waals surface area contributed by atoms with Crippen LogP contribution in [-0.2, 0) is 9.59 Å². The molecule has 0 aliphatic heterocycles. The average Bonchev–Trinajstić information content (AvgIpc) is 2.46. The van der Waals surface area contributed by atoms with Crippen LogP contribution in [0.15, 0.2) is 0 Å². The van der Waals surface area contributed by atoms with Crippen LogP contribution < -0.4 is 0 Å². The average molecular weight is 457 g/mol. The second kappa shape index (κ2) is 21.4. The van der Waals surface area contributed by atoms with Crippen molar-refractivity contribution in [1.82, 2.24) is 0 Å². The number of rotatable bonds is 14. The van der Waals surface area contributed by atoms with Gasteiger partial charge in [-0.25, -0.2) is 0 Å². The molecular formula is C15H30O4S2Sn. The third-order valence-electron chi connectivity index (χ3n) is 2.50. The summed E-state index contributed by atoms with van der Waals surface area (Å²) in [7, 11) is 0. The van der Waals surface area contributed by atoms with E-state index >= 15 is 0 Å². The molecule has 0 fully saturated rings. The number of carboxylic acids is 2. The maximum absolute atomic E-state index is 10.1. The molecule has 0 aliphatic carbocycles. The first-order valence-corrected chi connectivity index (χ1v) is 14.2. The number of hydrogen-bond donors (Lipinski definition) is 2. The van der Waals surface area contributed by atoms with Crippen molar-refractivity contribution in [2.24, 2.45) is 0 Å². The molecule has 0 unspecified atom stereocenters. The summed E-state index contributed by atoms with van der Waals surface area (Å²) in [5.74, 6) is -0.392. The van der Waals surface area contributed by atoms with Gasteiger partial charge in [-0.2, -0.15) is 23.5 Å². The fraction of sp³-hybridized carbons (Fsp3) is 0.867. The van der Waals surface area contributed by atoms with Crippen molar-refractivity contribution in [3.63, 3.8) is 0 Å². The van der Waals surface area contributed by atoms with Gasteiger partial charge in [0, 0.05) is 16.6 Å². The van der Waals surface area contributed by atoms with Crippen molar-refractivity contribution in [2.45, 2.75) is 61.2 Å². The van der Waals surface area contributed by atoms with Gasteiger partial charge in [0.25, 0.3) is 0 Å². The molecule has 0 bridgehead atoms. The van der Waals surface area contributed by atoms with Gasteiger partial charge in [-0.15, -0.1) is 0 Å². The Hall–Kier alpha value is 0.439. The Morgan fingerprint density at radius 2 is 1.27 bits per heavy atom. The fourth-order valence-electron chi connectivity index (χ4n) is 1.22. The topological polar surface area (TPSA) is 74.6 Å². The summed E-state index contributed by atoms with van der Waals surface area (Å²) >= 11 is 3.19. The van der Waals surface area contributed by atoms with E-state index in [0.717, 1.165) is 5.08 Å². The monoisotopic (exact) mass is 458 g/mol. The van der Waals surface area contributed by atoms with E-state index in [9.17, 15) is 9.59 Å². The van der Waals surface area contributed by atoms with Gasteiger partial charge in [-0.05, 0) is 0 Å². The molecule has 4 nitrogen and oxygen atoms in total. The Morgan fingerprint density at radius 3 is 1.59 bits per heavy atom. The molecule has 0 amide bonds. The summed E-state index contributed by atoms with van der Waals surface area (Å²) in [6.07, 6.45) is 6.18. The summed E-state index contributed by atoms with van der Waals surface area (Å²) in [6, 6.07) is 0. The minimum absolute atomic E-state index is 0.149. The third-order valence-corrected chi connectivity index (χ3v) is 8.86. The first kappa shape index (κ1) is 24.7. The molecule has 0 heterocycles. The van der Waals surface area contributed by atoms with E-state index in [1.165, 1.54) is 49.2 Å². The molecule has 0 rings (SSSR count). The molecule has 0 atom stereocenters. The zero-order chi connectivity index (χ0) is 17.1. The molecule has 0 aromatic heterocycles. The van der Waals surface area contributed by atoms with Crippen LogP contribution in [-0.4, -0.2) is 59.9 Å². The number of hydrogen-bond acceptors (Lipinski definition) is 4. The van der Waals surface area contributed by atoms with Crippen molar-refractivity contribution in [1.29, 1.82) is 0 Å². The van der Waals surface area contributed by atoms with Gasteiger partial charge in [0.2, 0.25) is 0 Å². The minimum Gasteiger partial charge on any atom is -0.481 e. The molecule has 0 aliphatic rings. The van der Waals surface area contributed by atoms with Gasteiger partial charge in [-0.3, -0.25) is 9.59 Å². The number of unbranched alkanes of at least 4 members (excludes halogenated alkanes) is 2. The van der Waals surface area contributed by atoms with Crippen molar-refractivity contribution >= 4 is 56.6 Å². The van der Waals surface area contributed by atoms with Crippen LogP contribution in [0, 0.1) is 0 Å². The fourth-order valence-corrected chi connectivity index (χ4v) is 7.44. The van der Waals surface area contributed by atoms with E-state index in [1.807, 2.05) is 0 Å². The second-order valence-electron chi connectivity index (χ2n) is 4.68. The van der Waals surface area contributed by atoms with Gasteiger partial charge in [-0.1, -0.05) is 0 Å². The molecule has 0 aromatic rings. The second-order valence-corrected chi connectivity index (χ2v) is 11.5. The van der Waals surface area contributed by atoms with E-state index in [4.69, 9.17) is 10.2 Å². The molecule has 2 N–H and O–H groups in total. The van der Waals surface area contributed by atoms with Crippen LogP contribution in [0.5, 0.6) is 0 Å². The van der Waals surface area contributed by atoms with Crippen LogP contribution in [0.25, 0.3) is 0 Å². The van der Waals surface area contributed by atoms with Crippen LogP contribution in [0.3, 0.4) is 0 Å². The smallest absolute Gasteiger partial charge is 0.304 e. The maximum Gasteiger partial charge on any atom is 0.304 e. The molecule has 130 valence electrons. The molecule has 0 saturated carbocycles. The number of thioether (sulfide) groups is 2. The standard InChI is InChI=1S/C7H12O4S2.2C4H9.Sn/c8-6(9)1-3-12-5-13-4-2-7(10)11;2*1-3-4-2;/h1-5H2,(H,8,9)(H,10,11);2*1,3-4H2,2H3;. The van der Waals surface area contributed by atoms with Gasteiger partial charge >= 0.3 is 81.5 Å². The largest absolute Gasteiger partial charge is 0.481 e. The minimum atomic E-state index is -0.789. The predicted molar refractivity (Wildman–Crippen MR) is 99.5 cm³/mol. The van der Waals surface area contributed by atoms with Crippen molar-refractivity contribution < 1.29 is 19.8 Å². The molecule has 0 spiro atoms. The van der Waals surface area contributed by atoms with E-state index in [0.29, 0.717) is 11.5 Å². The van der Waals surface area contributed by atoms with E-state index in [-0.39, 0.29) is 34.0 Å². The Balaban J connectivity index is 0. The molecule has 2 radical (unpaired) electrons. The van der Waals surface area contributed by atoms with E-state index in [2.05, 4.69) is 13.8 Å². The Labute approximate surface area is 153 Å². The quantitative estimate of drug-likeness (QED) is 0.228. The predicted octanol–water partition coefficient (Wildman–Crippen LogP) is 4.49. The van der Waals surface area contributed by atoms with Gasteiger partial charge in [0.1, 0.15) is 0 Å². The third kappa shape index (κ3) is 28.6. The zero-order valence-corrected chi connectivity index (χ0v) is 18.3. The van der Waals surface area contributed by atoms with Crippen LogP contribution in [0.2, 0.25) is 8.87 Å². The summed E-state index contributed by atoms with van der Waals surface area (Å²) in [5, 5.41) is 17.3. The summed E-state index contributed by atoms with van der Waals surface area (Å²) in [4.78, 5) is 20.2. The number of aliphatic carboxylic acids is 2. The van der Waals surface area contributed by atoms with Crippen molar-refractivity contribution in [3.05, 3.63) is 0 Å². The SMILES string of the molecule is CCC[CH2][Sn][CH2]CCC.O=C(O)CCSCSCCC(=O)O. The van der Waals surface area contributed by atoms with Gasteiger partial charge in [0.05, 0.1) is 12.8 Å². The molecule has 0 saturated heterocycles. The molecule has 0 aromatic carbocycles. The number of carboxylic acid groups (broad SMARTS) is 2.